The number of para-hydroxylation sites is 1. The molecule has 4 rings (SSSR count). The Morgan fingerprint density at radius 1 is 1.16 bits per heavy atom. The van der Waals surface area contributed by atoms with Crippen LogP contribution in [0.15, 0.2) is 46.9 Å². The van der Waals surface area contributed by atoms with Crippen LogP contribution in [0.4, 0.5) is 11.1 Å². The van der Waals surface area contributed by atoms with Crippen LogP contribution in [0.2, 0.25) is 0 Å². The van der Waals surface area contributed by atoms with Crippen molar-refractivity contribution in [2.75, 3.05) is 12.4 Å². The maximum Gasteiger partial charge on any atom is 0.322 e. The van der Waals surface area contributed by atoms with E-state index in [-0.39, 0.29) is 6.01 Å². The predicted molar refractivity (Wildman–Crippen MR) is 93.9 cm³/mol. The normalized spacial score (nSPS) is 10.6. The predicted octanol–water partition coefficient (Wildman–Crippen LogP) is 3.97. The number of methoxy groups -OCH3 is 1. The van der Waals surface area contributed by atoms with Crippen molar-refractivity contribution >= 4 is 32.7 Å². The van der Waals surface area contributed by atoms with Gasteiger partial charge in [0.25, 0.3) is 0 Å². The van der Waals surface area contributed by atoms with E-state index in [0.717, 1.165) is 15.8 Å². The van der Waals surface area contributed by atoms with Crippen LogP contribution in [0, 0.1) is 11.3 Å². The Hall–Kier alpha value is -3.44. The molecule has 8 heteroatoms. The Bertz CT molecular complexity index is 1080. The molecule has 0 aliphatic heterocycles. The van der Waals surface area contributed by atoms with Gasteiger partial charge in [0, 0.05) is 5.56 Å². The lowest BCUT2D eigenvalue weighted by Gasteiger charge is -1.98. The van der Waals surface area contributed by atoms with Crippen molar-refractivity contribution in [3.63, 3.8) is 0 Å². The third kappa shape index (κ3) is 2.88. The molecule has 0 amide bonds. The van der Waals surface area contributed by atoms with Gasteiger partial charge in [0.2, 0.25) is 5.89 Å². The van der Waals surface area contributed by atoms with Crippen molar-refractivity contribution in [1.82, 2.24) is 15.2 Å². The van der Waals surface area contributed by atoms with Gasteiger partial charge in [-0.3, -0.25) is 5.32 Å². The molecule has 0 saturated carbocycles. The highest BCUT2D eigenvalue weighted by atomic mass is 32.1. The zero-order valence-electron chi connectivity index (χ0n) is 13.1. The standard InChI is InChI=1S/C17H11N5O2S/c1-23-12-3-2-4-13-14(12)19-17(25-13)20-16-22-21-15(24-16)11-7-5-10(9-18)6-8-11/h2-8H,1H3,(H,19,20,22). The Labute approximate surface area is 146 Å². The summed E-state index contributed by atoms with van der Waals surface area (Å²) in [5.41, 5.74) is 2.10. The van der Waals surface area contributed by atoms with Crippen LogP contribution in [-0.2, 0) is 0 Å². The van der Waals surface area contributed by atoms with Crippen LogP contribution < -0.4 is 10.1 Å². The van der Waals surface area contributed by atoms with E-state index in [1.807, 2.05) is 18.2 Å². The SMILES string of the molecule is COc1cccc2sc(Nc3nnc(-c4ccc(C#N)cc4)o3)nc12. The van der Waals surface area contributed by atoms with Crippen molar-refractivity contribution in [2.45, 2.75) is 0 Å². The third-order valence-electron chi connectivity index (χ3n) is 3.50. The van der Waals surface area contributed by atoms with Gasteiger partial charge in [0.05, 0.1) is 23.4 Å². The van der Waals surface area contributed by atoms with E-state index in [9.17, 15) is 0 Å². The number of anilines is 2. The first-order valence-electron chi connectivity index (χ1n) is 7.31. The lowest BCUT2D eigenvalue weighted by atomic mass is 10.1. The Balaban J connectivity index is 1.59. The molecule has 0 atom stereocenters. The number of hydrogen-bond donors (Lipinski definition) is 1. The first-order chi connectivity index (χ1) is 12.3. The zero-order valence-corrected chi connectivity index (χ0v) is 13.9. The minimum Gasteiger partial charge on any atom is -0.494 e. The molecule has 0 saturated heterocycles. The van der Waals surface area contributed by atoms with Crippen LogP contribution in [0.3, 0.4) is 0 Å². The molecule has 2 aromatic carbocycles. The maximum absolute atomic E-state index is 8.84. The lowest BCUT2D eigenvalue weighted by molar-refractivity contribution is 0.419. The number of fused-ring (bicyclic) bond motifs is 1. The van der Waals surface area contributed by atoms with Crippen molar-refractivity contribution < 1.29 is 9.15 Å². The van der Waals surface area contributed by atoms with E-state index < -0.39 is 0 Å². The number of hydrogen-bond acceptors (Lipinski definition) is 8. The summed E-state index contributed by atoms with van der Waals surface area (Å²) in [6.07, 6.45) is 0. The fourth-order valence-electron chi connectivity index (χ4n) is 2.31. The quantitative estimate of drug-likeness (QED) is 0.595. The highest BCUT2D eigenvalue weighted by Crippen LogP contribution is 2.33. The van der Waals surface area contributed by atoms with Gasteiger partial charge in [-0.05, 0) is 36.4 Å². The van der Waals surface area contributed by atoms with Gasteiger partial charge in [-0.1, -0.05) is 22.5 Å². The molecule has 0 fully saturated rings. The molecule has 25 heavy (non-hydrogen) atoms. The number of benzene rings is 2. The molecule has 122 valence electrons. The molecule has 0 radical (unpaired) electrons. The Kier molecular flexibility index (Phi) is 3.76. The number of thiazole rings is 1. The molecular formula is C17H11N5O2S. The molecule has 2 aromatic heterocycles. The maximum atomic E-state index is 8.84. The summed E-state index contributed by atoms with van der Waals surface area (Å²) in [6, 6.07) is 15.0. The molecule has 0 bridgehead atoms. The van der Waals surface area contributed by atoms with Crippen LogP contribution in [0.1, 0.15) is 5.56 Å². The summed E-state index contributed by atoms with van der Waals surface area (Å²) in [7, 11) is 1.61. The van der Waals surface area contributed by atoms with Crippen LogP contribution in [0.5, 0.6) is 5.75 Å². The van der Waals surface area contributed by atoms with Gasteiger partial charge >= 0.3 is 6.01 Å². The highest BCUT2D eigenvalue weighted by Gasteiger charge is 2.12. The lowest BCUT2D eigenvalue weighted by Crippen LogP contribution is -1.89. The highest BCUT2D eigenvalue weighted by molar-refractivity contribution is 7.22. The van der Waals surface area contributed by atoms with Gasteiger partial charge < -0.3 is 9.15 Å². The third-order valence-corrected chi connectivity index (χ3v) is 4.44. The minimum atomic E-state index is 0.248. The summed E-state index contributed by atoms with van der Waals surface area (Å²) < 4.78 is 11.9. The largest absolute Gasteiger partial charge is 0.494 e. The fourth-order valence-corrected chi connectivity index (χ4v) is 3.18. The first-order valence-corrected chi connectivity index (χ1v) is 8.13. The smallest absolute Gasteiger partial charge is 0.322 e. The molecular weight excluding hydrogens is 338 g/mol. The van der Waals surface area contributed by atoms with Gasteiger partial charge in [0.15, 0.2) is 5.13 Å². The van der Waals surface area contributed by atoms with Gasteiger partial charge in [0.1, 0.15) is 11.3 Å². The Morgan fingerprint density at radius 2 is 2.00 bits per heavy atom. The molecule has 7 nitrogen and oxygen atoms in total. The number of nitrogens with zero attached hydrogens (tertiary/aromatic N) is 4. The number of nitriles is 1. The number of rotatable bonds is 4. The summed E-state index contributed by atoms with van der Waals surface area (Å²) in [5, 5.41) is 20.5. The number of ether oxygens (including phenoxy) is 1. The van der Waals surface area contributed by atoms with E-state index in [1.54, 1.807) is 31.4 Å². The summed E-state index contributed by atoms with van der Waals surface area (Å²) in [4.78, 5) is 4.50. The molecule has 1 N–H and O–H groups in total. The van der Waals surface area contributed by atoms with E-state index in [2.05, 4.69) is 26.6 Å². The zero-order chi connectivity index (χ0) is 17.2. The molecule has 0 aliphatic rings. The van der Waals surface area contributed by atoms with Gasteiger partial charge in [-0.2, -0.15) is 5.26 Å². The second-order valence-corrected chi connectivity index (χ2v) is 6.08. The topological polar surface area (TPSA) is 96.9 Å². The summed E-state index contributed by atoms with van der Waals surface area (Å²) in [5.74, 6) is 1.08. The molecule has 0 spiro atoms. The van der Waals surface area contributed by atoms with Gasteiger partial charge in [-0.15, -0.1) is 5.10 Å². The average molecular weight is 349 g/mol. The summed E-state index contributed by atoms with van der Waals surface area (Å²) in [6.45, 7) is 0. The van der Waals surface area contributed by atoms with Crippen molar-refractivity contribution in [3.8, 4) is 23.3 Å². The van der Waals surface area contributed by atoms with E-state index in [0.29, 0.717) is 22.3 Å². The van der Waals surface area contributed by atoms with Crippen molar-refractivity contribution in [3.05, 3.63) is 48.0 Å². The van der Waals surface area contributed by atoms with Crippen LogP contribution in [0.25, 0.3) is 21.7 Å². The van der Waals surface area contributed by atoms with Gasteiger partial charge in [-0.25, -0.2) is 4.98 Å². The Morgan fingerprint density at radius 3 is 2.76 bits per heavy atom. The minimum absolute atomic E-state index is 0.248. The second-order valence-electron chi connectivity index (χ2n) is 5.05. The molecule has 4 aromatic rings. The fraction of sp³-hybridized carbons (Fsp3) is 0.0588. The average Bonchev–Trinajstić information content (AvgIpc) is 3.28. The molecule has 0 aliphatic carbocycles. The van der Waals surface area contributed by atoms with E-state index >= 15 is 0 Å². The molecule has 2 heterocycles. The van der Waals surface area contributed by atoms with Crippen LogP contribution >= 0.6 is 11.3 Å². The van der Waals surface area contributed by atoms with Crippen LogP contribution in [-0.4, -0.2) is 22.3 Å². The van der Waals surface area contributed by atoms with Crippen molar-refractivity contribution in [2.24, 2.45) is 0 Å². The second kappa shape index (κ2) is 6.22. The monoisotopic (exact) mass is 349 g/mol. The van der Waals surface area contributed by atoms with Crippen molar-refractivity contribution in [1.29, 1.82) is 5.26 Å². The molecule has 0 unspecified atom stereocenters. The number of nitrogens with one attached hydrogen (secondary N) is 1. The summed E-state index contributed by atoms with van der Waals surface area (Å²) >= 11 is 1.47. The van der Waals surface area contributed by atoms with E-state index in [4.69, 9.17) is 14.4 Å². The first kappa shape index (κ1) is 15.1. The number of aromatic nitrogens is 3. The van der Waals surface area contributed by atoms with E-state index in [1.165, 1.54) is 11.3 Å².